The zero-order valence-corrected chi connectivity index (χ0v) is 16.0. The molecule has 144 valence electrons. The molecule has 1 amide bonds. The highest BCUT2D eigenvalue weighted by Crippen LogP contribution is 2.31. The Balaban J connectivity index is 1.32. The van der Waals surface area contributed by atoms with Crippen molar-refractivity contribution in [3.63, 3.8) is 0 Å². The van der Waals surface area contributed by atoms with Crippen molar-refractivity contribution in [1.29, 1.82) is 0 Å². The van der Waals surface area contributed by atoms with E-state index in [1.54, 1.807) is 7.11 Å². The third-order valence-electron chi connectivity index (χ3n) is 5.76. The van der Waals surface area contributed by atoms with Gasteiger partial charge in [0.05, 0.1) is 13.5 Å². The molecule has 1 unspecified atom stereocenters. The number of carbonyl (C=O) groups excluding carboxylic acids is 1. The minimum absolute atomic E-state index is 0.224. The summed E-state index contributed by atoms with van der Waals surface area (Å²) in [6.07, 6.45) is 9.01. The molecule has 1 atom stereocenters. The fourth-order valence-corrected chi connectivity index (χ4v) is 3.98. The number of hydrogen-bond acceptors (Lipinski definition) is 4. The molecule has 6 nitrogen and oxygen atoms in total. The van der Waals surface area contributed by atoms with Gasteiger partial charge in [-0.25, -0.2) is 0 Å². The second kappa shape index (κ2) is 8.11. The number of aryl methyl sites for hydroxylation is 1. The van der Waals surface area contributed by atoms with Crippen LogP contribution in [0.3, 0.4) is 0 Å². The van der Waals surface area contributed by atoms with Gasteiger partial charge in [-0.05, 0) is 55.7 Å². The van der Waals surface area contributed by atoms with E-state index in [9.17, 15) is 4.79 Å². The highest BCUT2D eigenvalue weighted by Gasteiger charge is 2.29. The van der Waals surface area contributed by atoms with Crippen molar-refractivity contribution in [2.75, 3.05) is 13.7 Å². The van der Waals surface area contributed by atoms with E-state index in [1.165, 1.54) is 12.8 Å². The summed E-state index contributed by atoms with van der Waals surface area (Å²) in [5, 5.41) is 8.40. The van der Waals surface area contributed by atoms with Crippen LogP contribution in [-0.2, 0) is 24.2 Å². The van der Waals surface area contributed by atoms with Crippen LogP contribution in [0.5, 0.6) is 5.75 Å². The summed E-state index contributed by atoms with van der Waals surface area (Å²) in [5.74, 6) is 2.92. The van der Waals surface area contributed by atoms with Crippen molar-refractivity contribution < 1.29 is 9.53 Å². The van der Waals surface area contributed by atoms with Gasteiger partial charge < -0.3 is 14.2 Å². The summed E-state index contributed by atoms with van der Waals surface area (Å²) in [7, 11) is 1.65. The van der Waals surface area contributed by atoms with Gasteiger partial charge in [0, 0.05) is 25.6 Å². The lowest BCUT2D eigenvalue weighted by Crippen LogP contribution is -2.37. The molecule has 2 fully saturated rings. The molecule has 0 bridgehead atoms. The molecule has 1 saturated heterocycles. The van der Waals surface area contributed by atoms with Crippen molar-refractivity contribution in [2.24, 2.45) is 5.92 Å². The minimum Gasteiger partial charge on any atom is -0.497 e. The maximum atomic E-state index is 12.8. The molecule has 0 radical (unpaired) electrons. The monoisotopic (exact) mass is 368 g/mol. The Kier molecular flexibility index (Phi) is 5.41. The molecule has 2 heterocycles. The van der Waals surface area contributed by atoms with Crippen molar-refractivity contribution in [3.05, 3.63) is 42.0 Å². The highest BCUT2D eigenvalue weighted by atomic mass is 16.5. The van der Waals surface area contributed by atoms with Crippen LogP contribution in [-0.4, -0.2) is 45.3 Å². The molecule has 6 heteroatoms. The van der Waals surface area contributed by atoms with E-state index >= 15 is 0 Å². The molecule has 2 aliphatic rings. The van der Waals surface area contributed by atoms with Gasteiger partial charge in [0.25, 0.3) is 0 Å². The largest absolute Gasteiger partial charge is 0.497 e. The predicted octanol–water partition coefficient (Wildman–Crippen LogP) is 2.86. The first-order valence-corrected chi connectivity index (χ1v) is 10.0. The van der Waals surface area contributed by atoms with Crippen LogP contribution in [0.25, 0.3) is 0 Å². The molecule has 4 rings (SSSR count). The number of benzene rings is 1. The SMILES string of the molecule is COc1ccc(CC(=O)N2CCCC2CCc2nncn2CC2CC2)cc1. The summed E-state index contributed by atoms with van der Waals surface area (Å²) in [6.45, 7) is 1.92. The molecule has 27 heavy (non-hydrogen) atoms. The molecule has 2 aromatic rings. The zero-order chi connectivity index (χ0) is 18.6. The lowest BCUT2D eigenvalue weighted by molar-refractivity contribution is -0.131. The Labute approximate surface area is 160 Å². The summed E-state index contributed by atoms with van der Waals surface area (Å²) in [6, 6.07) is 8.10. The van der Waals surface area contributed by atoms with E-state index in [0.29, 0.717) is 12.5 Å². The second-order valence-electron chi connectivity index (χ2n) is 7.79. The van der Waals surface area contributed by atoms with Crippen molar-refractivity contribution in [1.82, 2.24) is 19.7 Å². The molecule has 1 saturated carbocycles. The number of hydrogen-bond donors (Lipinski definition) is 0. The Hall–Kier alpha value is -2.37. The Morgan fingerprint density at radius 1 is 1.22 bits per heavy atom. The van der Waals surface area contributed by atoms with Gasteiger partial charge in [0.2, 0.25) is 5.91 Å². The standard InChI is InChI=1S/C21H28N4O2/c1-27-19-9-6-16(7-10-19)13-21(26)25-12-2-3-18(25)8-11-20-23-22-15-24(20)14-17-4-5-17/h6-7,9-10,15,17-18H,2-5,8,11-14H2,1H3. The fourth-order valence-electron chi connectivity index (χ4n) is 3.98. The van der Waals surface area contributed by atoms with Gasteiger partial charge in [-0.15, -0.1) is 10.2 Å². The van der Waals surface area contributed by atoms with Gasteiger partial charge >= 0.3 is 0 Å². The number of aromatic nitrogens is 3. The second-order valence-corrected chi connectivity index (χ2v) is 7.79. The minimum atomic E-state index is 0.224. The first kappa shape index (κ1) is 18.0. The molecular formula is C21H28N4O2. The summed E-state index contributed by atoms with van der Waals surface area (Å²) in [5.41, 5.74) is 1.04. The van der Waals surface area contributed by atoms with E-state index in [1.807, 2.05) is 30.6 Å². The number of carbonyl (C=O) groups is 1. The fraction of sp³-hybridized carbons (Fsp3) is 0.571. The average Bonchev–Trinajstić information content (AvgIpc) is 3.18. The van der Waals surface area contributed by atoms with Crippen LogP contribution in [0.1, 0.15) is 43.5 Å². The lowest BCUT2D eigenvalue weighted by Gasteiger charge is -2.25. The van der Waals surface area contributed by atoms with Crippen LogP contribution in [0.15, 0.2) is 30.6 Å². The molecule has 1 aromatic carbocycles. The first-order chi connectivity index (χ1) is 13.2. The topological polar surface area (TPSA) is 60.2 Å². The first-order valence-electron chi connectivity index (χ1n) is 10.0. The van der Waals surface area contributed by atoms with E-state index in [4.69, 9.17) is 4.74 Å². The smallest absolute Gasteiger partial charge is 0.227 e. The van der Waals surface area contributed by atoms with Gasteiger partial charge in [-0.2, -0.15) is 0 Å². The molecule has 0 spiro atoms. The third kappa shape index (κ3) is 4.49. The third-order valence-corrected chi connectivity index (χ3v) is 5.76. The molecule has 1 aliphatic heterocycles. The van der Waals surface area contributed by atoms with Gasteiger partial charge in [0.1, 0.15) is 17.9 Å². The van der Waals surface area contributed by atoms with Crippen LogP contribution < -0.4 is 4.74 Å². The number of methoxy groups -OCH3 is 1. The van der Waals surface area contributed by atoms with Crippen LogP contribution in [0.2, 0.25) is 0 Å². The number of likely N-dealkylation sites (tertiary alicyclic amines) is 1. The van der Waals surface area contributed by atoms with Gasteiger partial charge in [-0.3, -0.25) is 4.79 Å². The van der Waals surface area contributed by atoms with Gasteiger partial charge in [0.15, 0.2) is 0 Å². The number of ether oxygens (including phenoxy) is 1. The molecule has 0 N–H and O–H groups in total. The summed E-state index contributed by atoms with van der Waals surface area (Å²) >= 11 is 0. The van der Waals surface area contributed by atoms with Crippen molar-refractivity contribution >= 4 is 5.91 Å². The van der Waals surface area contributed by atoms with E-state index in [2.05, 4.69) is 19.7 Å². The maximum Gasteiger partial charge on any atom is 0.227 e. The quantitative estimate of drug-likeness (QED) is 0.719. The van der Waals surface area contributed by atoms with Crippen LogP contribution in [0.4, 0.5) is 0 Å². The molecule has 1 aromatic heterocycles. The Morgan fingerprint density at radius 2 is 2.04 bits per heavy atom. The van der Waals surface area contributed by atoms with E-state index < -0.39 is 0 Å². The van der Waals surface area contributed by atoms with Crippen LogP contribution in [0, 0.1) is 5.92 Å². The molecule has 1 aliphatic carbocycles. The average molecular weight is 368 g/mol. The number of rotatable bonds is 8. The van der Waals surface area contributed by atoms with Gasteiger partial charge in [-0.1, -0.05) is 12.1 Å². The number of amides is 1. The Bertz CT molecular complexity index is 767. The maximum absolute atomic E-state index is 12.8. The summed E-state index contributed by atoms with van der Waals surface area (Å²) in [4.78, 5) is 14.9. The van der Waals surface area contributed by atoms with E-state index in [-0.39, 0.29) is 5.91 Å². The lowest BCUT2D eigenvalue weighted by atomic mass is 10.1. The normalized spacial score (nSPS) is 19.4. The molecular weight excluding hydrogens is 340 g/mol. The zero-order valence-electron chi connectivity index (χ0n) is 16.0. The van der Waals surface area contributed by atoms with Crippen LogP contribution >= 0.6 is 0 Å². The van der Waals surface area contributed by atoms with Crippen molar-refractivity contribution in [3.8, 4) is 5.75 Å². The predicted molar refractivity (Wildman–Crippen MR) is 103 cm³/mol. The van der Waals surface area contributed by atoms with Crippen molar-refractivity contribution in [2.45, 2.75) is 57.5 Å². The summed E-state index contributed by atoms with van der Waals surface area (Å²) < 4.78 is 7.39. The highest BCUT2D eigenvalue weighted by molar-refractivity contribution is 5.79. The van der Waals surface area contributed by atoms with E-state index in [0.717, 1.165) is 61.8 Å². The Morgan fingerprint density at radius 3 is 2.78 bits per heavy atom. The number of nitrogens with zero attached hydrogens (tertiary/aromatic N) is 4.